The quantitative estimate of drug-likeness (QED) is 0.646. The first kappa shape index (κ1) is 13.9. The van der Waals surface area contributed by atoms with Crippen LogP contribution in [0.4, 0.5) is 0 Å². The molecule has 0 bridgehead atoms. The molecule has 1 aromatic heterocycles. The van der Waals surface area contributed by atoms with Gasteiger partial charge in [-0.1, -0.05) is 39.8 Å². The van der Waals surface area contributed by atoms with Crippen molar-refractivity contribution in [3.63, 3.8) is 0 Å². The number of amides is 1. The Morgan fingerprint density at radius 3 is 2.74 bits per heavy atom. The lowest BCUT2D eigenvalue weighted by Crippen LogP contribution is -2.23. The lowest BCUT2D eigenvalue weighted by Gasteiger charge is -2.07. The Morgan fingerprint density at radius 2 is 2.11 bits per heavy atom. The molecule has 0 fully saturated rings. The molecular weight excluding hydrogens is 330 g/mol. The minimum absolute atomic E-state index is 0.418. The number of nitrogens with zero attached hydrogens (tertiary/aromatic N) is 3. The number of hydrogen-bond donors (Lipinski definition) is 2. The van der Waals surface area contributed by atoms with Crippen LogP contribution in [0.5, 0.6) is 0 Å². The lowest BCUT2D eigenvalue weighted by atomic mass is 10.2. The number of rotatable bonds is 4. The average molecular weight is 342 g/mol. The van der Waals surface area contributed by atoms with Crippen molar-refractivity contribution < 1.29 is 4.79 Å². The number of primary amides is 1. The van der Waals surface area contributed by atoms with Crippen molar-refractivity contribution >= 4 is 33.6 Å². The summed E-state index contributed by atoms with van der Waals surface area (Å²) in [6.07, 6.45) is 0. The second kappa shape index (κ2) is 5.62. The number of nitrogens with two attached hydrogens (primary N) is 2. The second-order valence-corrected chi connectivity index (χ2v) is 5.98. The van der Waals surface area contributed by atoms with Gasteiger partial charge in [-0.2, -0.15) is 0 Å². The van der Waals surface area contributed by atoms with E-state index < -0.39 is 11.2 Å². The van der Waals surface area contributed by atoms with Gasteiger partial charge in [-0.05, 0) is 19.1 Å². The number of carbonyl (C=O) groups is 1. The Hall–Kier alpha value is -1.54. The summed E-state index contributed by atoms with van der Waals surface area (Å²) >= 11 is 4.61. The summed E-state index contributed by atoms with van der Waals surface area (Å²) in [5, 5.41) is 8.05. The molecule has 2 aromatic rings. The van der Waals surface area contributed by atoms with Crippen molar-refractivity contribution in [1.29, 1.82) is 0 Å². The topological polar surface area (TPSA) is 99.8 Å². The van der Waals surface area contributed by atoms with Crippen LogP contribution in [0.1, 0.15) is 6.92 Å². The van der Waals surface area contributed by atoms with Crippen LogP contribution in [0.15, 0.2) is 33.9 Å². The summed E-state index contributed by atoms with van der Waals surface area (Å²) in [6, 6.07) is 7.55. The highest BCUT2D eigenvalue weighted by molar-refractivity contribution is 9.10. The highest BCUT2D eigenvalue weighted by Gasteiger charge is 2.18. The maximum absolute atomic E-state index is 11.0. The van der Waals surface area contributed by atoms with E-state index in [1.54, 1.807) is 6.92 Å². The van der Waals surface area contributed by atoms with Gasteiger partial charge >= 0.3 is 0 Å². The third-order valence-corrected chi connectivity index (χ3v) is 4.23. The Morgan fingerprint density at radius 1 is 1.42 bits per heavy atom. The van der Waals surface area contributed by atoms with Crippen LogP contribution in [0.25, 0.3) is 11.4 Å². The maximum atomic E-state index is 11.0. The maximum Gasteiger partial charge on any atom is 0.230 e. The van der Waals surface area contributed by atoms with E-state index in [9.17, 15) is 4.79 Å². The number of nitrogen functional groups attached to an aromatic ring is 1. The van der Waals surface area contributed by atoms with E-state index in [0.29, 0.717) is 11.0 Å². The van der Waals surface area contributed by atoms with Crippen LogP contribution in [0.3, 0.4) is 0 Å². The standard InChI is InChI=1S/C11H12BrN5OS/c1-6(9(13)18)19-11-16-15-10(17(11)14)7-4-2-3-5-8(7)12/h2-6H,14H2,1H3,(H2,13,18). The minimum atomic E-state index is -0.421. The van der Waals surface area contributed by atoms with Gasteiger partial charge < -0.3 is 11.6 Å². The molecule has 1 unspecified atom stereocenters. The number of thioether (sulfide) groups is 1. The summed E-state index contributed by atoms with van der Waals surface area (Å²) in [7, 11) is 0. The molecule has 1 aromatic carbocycles. The van der Waals surface area contributed by atoms with E-state index in [4.69, 9.17) is 11.6 Å². The van der Waals surface area contributed by atoms with Gasteiger partial charge in [0, 0.05) is 10.0 Å². The minimum Gasteiger partial charge on any atom is -0.369 e. The number of benzene rings is 1. The molecule has 1 amide bonds. The molecule has 1 atom stereocenters. The van der Waals surface area contributed by atoms with Crippen LogP contribution in [-0.4, -0.2) is 26.0 Å². The fourth-order valence-corrected chi connectivity index (χ4v) is 2.58. The average Bonchev–Trinajstić information content (AvgIpc) is 2.72. The van der Waals surface area contributed by atoms with Crippen molar-refractivity contribution in [2.75, 3.05) is 5.84 Å². The smallest absolute Gasteiger partial charge is 0.230 e. The first-order valence-electron chi connectivity index (χ1n) is 5.42. The molecule has 0 aliphatic heterocycles. The van der Waals surface area contributed by atoms with Crippen LogP contribution in [0.2, 0.25) is 0 Å². The van der Waals surface area contributed by atoms with Gasteiger partial charge in [0.1, 0.15) is 0 Å². The number of hydrogen-bond acceptors (Lipinski definition) is 5. The molecule has 8 heteroatoms. The third-order valence-electron chi connectivity index (χ3n) is 2.46. The van der Waals surface area contributed by atoms with Crippen molar-refractivity contribution in [3.05, 3.63) is 28.7 Å². The third kappa shape index (κ3) is 2.90. The largest absolute Gasteiger partial charge is 0.369 e. The number of aromatic nitrogens is 3. The molecule has 0 spiro atoms. The highest BCUT2D eigenvalue weighted by atomic mass is 79.9. The molecule has 0 radical (unpaired) electrons. The molecule has 0 saturated carbocycles. The van der Waals surface area contributed by atoms with Crippen LogP contribution in [-0.2, 0) is 4.79 Å². The Balaban J connectivity index is 2.34. The molecule has 19 heavy (non-hydrogen) atoms. The summed E-state index contributed by atoms with van der Waals surface area (Å²) in [4.78, 5) is 11.0. The van der Waals surface area contributed by atoms with E-state index in [1.807, 2.05) is 24.3 Å². The van der Waals surface area contributed by atoms with Gasteiger partial charge in [0.15, 0.2) is 5.82 Å². The number of halogens is 1. The Kier molecular flexibility index (Phi) is 4.11. The first-order valence-corrected chi connectivity index (χ1v) is 7.09. The van der Waals surface area contributed by atoms with Crippen LogP contribution < -0.4 is 11.6 Å². The van der Waals surface area contributed by atoms with Crippen molar-refractivity contribution in [2.45, 2.75) is 17.3 Å². The van der Waals surface area contributed by atoms with E-state index in [1.165, 1.54) is 16.4 Å². The van der Waals surface area contributed by atoms with Gasteiger partial charge in [0.05, 0.1) is 5.25 Å². The molecule has 2 rings (SSSR count). The van der Waals surface area contributed by atoms with E-state index in [0.717, 1.165) is 10.0 Å². The molecule has 4 N–H and O–H groups in total. The van der Waals surface area contributed by atoms with Gasteiger partial charge in [-0.15, -0.1) is 10.2 Å². The van der Waals surface area contributed by atoms with Gasteiger partial charge in [0.2, 0.25) is 11.1 Å². The predicted octanol–water partition coefficient (Wildman–Crippen LogP) is 1.39. The summed E-state index contributed by atoms with van der Waals surface area (Å²) in [6.45, 7) is 1.69. The summed E-state index contributed by atoms with van der Waals surface area (Å²) < 4.78 is 2.22. The van der Waals surface area contributed by atoms with E-state index in [2.05, 4.69) is 26.1 Å². The van der Waals surface area contributed by atoms with Gasteiger partial charge in [-0.3, -0.25) is 4.79 Å². The fraction of sp³-hybridized carbons (Fsp3) is 0.182. The zero-order valence-corrected chi connectivity index (χ0v) is 12.5. The predicted molar refractivity (Wildman–Crippen MR) is 77.8 cm³/mol. The normalized spacial score (nSPS) is 12.3. The van der Waals surface area contributed by atoms with Crippen LogP contribution >= 0.6 is 27.7 Å². The Bertz CT molecular complexity index is 615. The summed E-state index contributed by atoms with van der Waals surface area (Å²) in [5.74, 6) is 6.05. The van der Waals surface area contributed by atoms with Gasteiger partial charge in [-0.25, -0.2) is 4.68 Å². The van der Waals surface area contributed by atoms with Crippen LogP contribution in [0, 0.1) is 0 Å². The fourth-order valence-electron chi connectivity index (χ4n) is 1.40. The molecule has 6 nitrogen and oxygen atoms in total. The van der Waals surface area contributed by atoms with E-state index in [-0.39, 0.29) is 0 Å². The molecule has 0 saturated heterocycles. The zero-order valence-electron chi connectivity index (χ0n) is 10.1. The molecule has 0 aliphatic rings. The molecular formula is C11H12BrN5OS. The van der Waals surface area contributed by atoms with Crippen molar-refractivity contribution in [1.82, 2.24) is 14.9 Å². The first-order chi connectivity index (χ1) is 9.00. The van der Waals surface area contributed by atoms with E-state index >= 15 is 0 Å². The molecule has 1 heterocycles. The zero-order chi connectivity index (χ0) is 14.0. The summed E-state index contributed by atoms with van der Waals surface area (Å²) in [5.41, 5.74) is 6.04. The molecule has 100 valence electrons. The second-order valence-electron chi connectivity index (χ2n) is 3.82. The number of carbonyl (C=O) groups excluding carboxylic acids is 1. The Labute approximate surface area is 122 Å². The SMILES string of the molecule is CC(Sc1nnc(-c2ccccc2Br)n1N)C(N)=O. The highest BCUT2D eigenvalue weighted by Crippen LogP contribution is 2.28. The molecule has 0 aliphatic carbocycles. The van der Waals surface area contributed by atoms with Crippen molar-refractivity contribution in [2.24, 2.45) is 5.73 Å². The van der Waals surface area contributed by atoms with Gasteiger partial charge in [0.25, 0.3) is 0 Å². The monoisotopic (exact) mass is 341 g/mol. The van der Waals surface area contributed by atoms with Crippen molar-refractivity contribution in [3.8, 4) is 11.4 Å². The lowest BCUT2D eigenvalue weighted by molar-refractivity contribution is -0.117.